The first kappa shape index (κ1) is 16.2. The molecule has 5 nitrogen and oxygen atoms in total. The fourth-order valence-electron chi connectivity index (χ4n) is 1.89. The lowest BCUT2D eigenvalue weighted by atomic mass is 10.2. The van der Waals surface area contributed by atoms with Gasteiger partial charge < -0.3 is 4.90 Å². The van der Waals surface area contributed by atoms with Crippen LogP contribution < -0.4 is 0 Å². The Hall–Kier alpha value is -1.87. The van der Waals surface area contributed by atoms with E-state index in [-0.39, 0.29) is 11.7 Å². The van der Waals surface area contributed by atoms with E-state index >= 15 is 0 Å². The molecule has 0 aliphatic rings. The van der Waals surface area contributed by atoms with E-state index in [4.69, 9.17) is 5.26 Å². The molecule has 0 saturated heterocycles. The van der Waals surface area contributed by atoms with Crippen LogP contribution in [0.3, 0.4) is 0 Å². The maximum absolute atomic E-state index is 12.0. The number of nitrogens with zero attached hydrogens (tertiary/aromatic N) is 2. The highest BCUT2D eigenvalue weighted by Crippen LogP contribution is 2.10. The summed E-state index contributed by atoms with van der Waals surface area (Å²) in [4.78, 5) is 13.3. The van der Waals surface area contributed by atoms with E-state index in [1.165, 1.54) is 11.0 Å². The third-order valence-electron chi connectivity index (χ3n) is 2.90. The predicted molar refractivity (Wildman–Crippen MR) is 76.6 cm³/mol. The zero-order chi connectivity index (χ0) is 15.2. The standard InChI is InChI=1S/C14H18N2O3S/c1-3-16(4-2)14(17)11-20(18,19)10-13-7-5-6-12(8-13)9-15/h5-8H,3-4,10-11H2,1-2H3. The average Bonchev–Trinajstić information content (AvgIpc) is 2.39. The largest absolute Gasteiger partial charge is 0.342 e. The summed E-state index contributed by atoms with van der Waals surface area (Å²) in [6.07, 6.45) is 0. The summed E-state index contributed by atoms with van der Waals surface area (Å²) in [6, 6.07) is 8.37. The second-order valence-electron chi connectivity index (χ2n) is 4.41. The van der Waals surface area contributed by atoms with Crippen LogP contribution in [-0.4, -0.2) is 38.1 Å². The van der Waals surface area contributed by atoms with E-state index in [2.05, 4.69) is 0 Å². The lowest BCUT2D eigenvalue weighted by Crippen LogP contribution is -2.35. The number of sulfone groups is 1. The highest BCUT2D eigenvalue weighted by Gasteiger charge is 2.20. The van der Waals surface area contributed by atoms with Crippen molar-refractivity contribution in [3.8, 4) is 6.07 Å². The molecule has 1 aromatic rings. The van der Waals surface area contributed by atoms with Crippen LogP contribution in [0.4, 0.5) is 0 Å². The molecule has 6 heteroatoms. The monoisotopic (exact) mass is 294 g/mol. The molecule has 0 fully saturated rings. The van der Waals surface area contributed by atoms with E-state index in [1.807, 2.05) is 19.9 Å². The quantitative estimate of drug-likeness (QED) is 0.793. The summed E-state index contributed by atoms with van der Waals surface area (Å²) in [7, 11) is -3.52. The van der Waals surface area contributed by atoms with Crippen LogP contribution in [0.5, 0.6) is 0 Å². The van der Waals surface area contributed by atoms with Gasteiger partial charge in [-0.15, -0.1) is 0 Å². The lowest BCUT2D eigenvalue weighted by molar-refractivity contribution is -0.128. The molecule has 0 radical (unpaired) electrons. The molecule has 0 aliphatic heterocycles. The molecule has 1 amide bonds. The highest BCUT2D eigenvalue weighted by molar-refractivity contribution is 7.91. The number of benzene rings is 1. The minimum atomic E-state index is -3.52. The molecule has 0 N–H and O–H groups in total. The van der Waals surface area contributed by atoms with Gasteiger partial charge in [0, 0.05) is 13.1 Å². The molecule has 108 valence electrons. The summed E-state index contributed by atoms with van der Waals surface area (Å²) in [5.74, 6) is -1.10. The van der Waals surface area contributed by atoms with Crippen LogP contribution in [0.15, 0.2) is 24.3 Å². The number of hydrogen-bond donors (Lipinski definition) is 0. The van der Waals surface area contributed by atoms with Crippen LogP contribution >= 0.6 is 0 Å². The molecule has 0 unspecified atom stereocenters. The molecular weight excluding hydrogens is 276 g/mol. The molecule has 0 heterocycles. The normalized spacial score (nSPS) is 10.8. The minimum absolute atomic E-state index is 0.227. The van der Waals surface area contributed by atoms with Crippen LogP contribution in [-0.2, 0) is 20.4 Å². The van der Waals surface area contributed by atoms with Crippen molar-refractivity contribution < 1.29 is 13.2 Å². The van der Waals surface area contributed by atoms with E-state index in [9.17, 15) is 13.2 Å². The van der Waals surface area contributed by atoms with Gasteiger partial charge in [-0.3, -0.25) is 4.79 Å². The number of amides is 1. The number of carbonyl (C=O) groups excluding carboxylic acids is 1. The first-order chi connectivity index (χ1) is 9.41. The average molecular weight is 294 g/mol. The van der Waals surface area contributed by atoms with Crippen LogP contribution in [0.25, 0.3) is 0 Å². The molecule has 20 heavy (non-hydrogen) atoms. The molecule has 0 aliphatic carbocycles. The topological polar surface area (TPSA) is 78.2 Å². The molecule has 0 spiro atoms. The van der Waals surface area contributed by atoms with Crippen molar-refractivity contribution in [1.82, 2.24) is 4.90 Å². The van der Waals surface area contributed by atoms with Crippen molar-refractivity contribution >= 4 is 15.7 Å². The Kier molecular flexibility index (Phi) is 5.71. The van der Waals surface area contributed by atoms with E-state index in [1.54, 1.807) is 18.2 Å². The van der Waals surface area contributed by atoms with E-state index in [0.717, 1.165) is 0 Å². The van der Waals surface area contributed by atoms with Crippen molar-refractivity contribution in [3.05, 3.63) is 35.4 Å². The Morgan fingerprint density at radius 3 is 2.50 bits per heavy atom. The Labute approximate surface area is 119 Å². The van der Waals surface area contributed by atoms with Gasteiger partial charge in [-0.25, -0.2) is 8.42 Å². The van der Waals surface area contributed by atoms with Crippen molar-refractivity contribution in [2.75, 3.05) is 18.8 Å². The van der Waals surface area contributed by atoms with Gasteiger partial charge in [0.15, 0.2) is 9.84 Å². The van der Waals surface area contributed by atoms with Crippen molar-refractivity contribution in [2.45, 2.75) is 19.6 Å². The second-order valence-corrected chi connectivity index (χ2v) is 6.47. The van der Waals surface area contributed by atoms with Gasteiger partial charge in [0.25, 0.3) is 0 Å². The first-order valence-corrected chi connectivity index (χ1v) is 8.21. The molecule has 0 atom stereocenters. The van der Waals surface area contributed by atoms with Gasteiger partial charge in [-0.05, 0) is 31.5 Å². The summed E-state index contributed by atoms with van der Waals surface area (Å²) in [5, 5.41) is 8.78. The predicted octanol–water partition coefficient (Wildman–Crippen LogP) is 1.34. The maximum Gasteiger partial charge on any atom is 0.237 e. The fraction of sp³-hybridized carbons (Fsp3) is 0.429. The Morgan fingerprint density at radius 2 is 1.95 bits per heavy atom. The zero-order valence-corrected chi connectivity index (χ0v) is 12.5. The summed E-state index contributed by atoms with van der Waals surface area (Å²) >= 11 is 0. The van der Waals surface area contributed by atoms with Crippen molar-refractivity contribution in [3.63, 3.8) is 0 Å². The Balaban J connectivity index is 2.80. The molecule has 0 aromatic heterocycles. The fourth-order valence-corrected chi connectivity index (χ4v) is 3.24. The number of carbonyl (C=O) groups is 1. The number of nitriles is 1. The zero-order valence-electron chi connectivity index (χ0n) is 11.7. The maximum atomic E-state index is 12.0. The smallest absolute Gasteiger partial charge is 0.237 e. The lowest BCUT2D eigenvalue weighted by Gasteiger charge is -2.18. The van der Waals surface area contributed by atoms with E-state index in [0.29, 0.717) is 24.2 Å². The van der Waals surface area contributed by atoms with Gasteiger partial charge in [0.05, 0.1) is 17.4 Å². The first-order valence-electron chi connectivity index (χ1n) is 6.39. The SMILES string of the molecule is CCN(CC)C(=O)CS(=O)(=O)Cc1cccc(C#N)c1. The van der Waals surface area contributed by atoms with Gasteiger partial charge >= 0.3 is 0 Å². The Morgan fingerprint density at radius 1 is 1.30 bits per heavy atom. The van der Waals surface area contributed by atoms with Crippen LogP contribution in [0.1, 0.15) is 25.0 Å². The summed E-state index contributed by atoms with van der Waals surface area (Å²) in [6.45, 7) is 4.61. The third kappa shape index (κ3) is 4.67. The molecule has 1 aromatic carbocycles. The van der Waals surface area contributed by atoms with Crippen LogP contribution in [0, 0.1) is 11.3 Å². The molecule has 0 saturated carbocycles. The van der Waals surface area contributed by atoms with Gasteiger partial charge in [-0.2, -0.15) is 5.26 Å². The molecule has 1 rings (SSSR count). The minimum Gasteiger partial charge on any atom is -0.342 e. The summed E-state index contributed by atoms with van der Waals surface area (Å²) < 4.78 is 24.0. The second kappa shape index (κ2) is 7.06. The van der Waals surface area contributed by atoms with Gasteiger partial charge in [-0.1, -0.05) is 12.1 Å². The number of hydrogen-bond acceptors (Lipinski definition) is 4. The molecular formula is C14H18N2O3S. The van der Waals surface area contributed by atoms with Crippen LogP contribution in [0.2, 0.25) is 0 Å². The van der Waals surface area contributed by atoms with Crippen molar-refractivity contribution in [2.24, 2.45) is 0 Å². The Bertz CT molecular complexity index is 614. The molecule has 0 bridgehead atoms. The summed E-state index contributed by atoms with van der Waals surface area (Å²) in [5.41, 5.74) is 0.934. The number of rotatable bonds is 6. The third-order valence-corrected chi connectivity index (χ3v) is 4.36. The highest BCUT2D eigenvalue weighted by atomic mass is 32.2. The van der Waals surface area contributed by atoms with Gasteiger partial charge in [0.1, 0.15) is 5.75 Å². The van der Waals surface area contributed by atoms with E-state index < -0.39 is 15.6 Å². The van der Waals surface area contributed by atoms with Crippen molar-refractivity contribution in [1.29, 1.82) is 5.26 Å². The van der Waals surface area contributed by atoms with Gasteiger partial charge in [0.2, 0.25) is 5.91 Å².